The highest BCUT2D eigenvalue weighted by Crippen LogP contribution is 2.31. The number of para-hydroxylation sites is 1. The molecule has 1 aromatic carbocycles. The molecule has 1 aliphatic rings. The summed E-state index contributed by atoms with van der Waals surface area (Å²) in [7, 11) is 0. The van der Waals surface area contributed by atoms with Crippen LogP contribution in [0.4, 0.5) is 11.4 Å². The summed E-state index contributed by atoms with van der Waals surface area (Å²) >= 11 is 6.13. The minimum Gasteiger partial charge on any atom is -0.397 e. The molecule has 0 amide bonds. The summed E-state index contributed by atoms with van der Waals surface area (Å²) in [6, 6.07) is 5.64. The van der Waals surface area contributed by atoms with Crippen LogP contribution < -0.4 is 11.1 Å². The molecule has 0 spiro atoms. The molecule has 17 heavy (non-hydrogen) atoms. The molecule has 1 fully saturated rings. The maximum absolute atomic E-state index is 6.13. The Morgan fingerprint density at radius 1 is 1.29 bits per heavy atom. The first-order valence-corrected chi connectivity index (χ1v) is 6.82. The molecule has 0 aliphatic heterocycles. The predicted molar refractivity (Wildman–Crippen MR) is 75.5 cm³/mol. The molecule has 0 radical (unpaired) electrons. The van der Waals surface area contributed by atoms with Crippen molar-refractivity contribution in [3.63, 3.8) is 0 Å². The first-order chi connectivity index (χ1) is 8.16. The molecule has 2 rings (SSSR count). The maximum Gasteiger partial charge on any atom is 0.0763 e. The van der Waals surface area contributed by atoms with Crippen molar-refractivity contribution in [1.29, 1.82) is 0 Å². The van der Waals surface area contributed by atoms with Crippen LogP contribution in [-0.4, -0.2) is 6.54 Å². The van der Waals surface area contributed by atoms with Crippen LogP contribution in [0.2, 0.25) is 5.02 Å². The van der Waals surface area contributed by atoms with Crippen molar-refractivity contribution in [1.82, 2.24) is 0 Å². The van der Waals surface area contributed by atoms with Gasteiger partial charge in [0.1, 0.15) is 0 Å². The first kappa shape index (κ1) is 12.6. The highest BCUT2D eigenvalue weighted by molar-refractivity contribution is 6.33. The Hall–Kier alpha value is -0.890. The summed E-state index contributed by atoms with van der Waals surface area (Å²) in [6.07, 6.45) is 5.34. The lowest BCUT2D eigenvalue weighted by Gasteiger charge is -2.27. The molecule has 0 bridgehead atoms. The Balaban J connectivity index is 1.89. The van der Waals surface area contributed by atoms with Gasteiger partial charge in [-0.3, -0.25) is 0 Å². The normalized spacial score (nSPS) is 24.6. The molecule has 0 atom stereocenters. The Bertz CT molecular complexity index is 350. The van der Waals surface area contributed by atoms with Crippen LogP contribution in [0.15, 0.2) is 18.2 Å². The standard InChI is InChI=1S/C14H21ClN2/c1-10-5-7-11(8-6-10)9-17-14-12(15)3-2-4-13(14)16/h2-4,10-11,17H,5-9,16H2,1H3. The summed E-state index contributed by atoms with van der Waals surface area (Å²) in [5, 5.41) is 4.13. The average molecular weight is 253 g/mol. The quantitative estimate of drug-likeness (QED) is 0.793. The van der Waals surface area contributed by atoms with E-state index in [1.165, 1.54) is 25.7 Å². The van der Waals surface area contributed by atoms with Crippen molar-refractivity contribution in [2.75, 3.05) is 17.6 Å². The van der Waals surface area contributed by atoms with Crippen molar-refractivity contribution < 1.29 is 0 Å². The molecular formula is C14H21ClN2. The van der Waals surface area contributed by atoms with Gasteiger partial charge in [0.15, 0.2) is 0 Å². The number of anilines is 2. The fraction of sp³-hybridized carbons (Fsp3) is 0.571. The van der Waals surface area contributed by atoms with Crippen molar-refractivity contribution in [3.05, 3.63) is 23.2 Å². The molecule has 3 heteroatoms. The molecule has 3 N–H and O–H groups in total. The zero-order valence-electron chi connectivity index (χ0n) is 10.4. The molecular weight excluding hydrogens is 232 g/mol. The van der Waals surface area contributed by atoms with E-state index in [1.807, 2.05) is 18.2 Å². The van der Waals surface area contributed by atoms with E-state index in [0.29, 0.717) is 5.02 Å². The molecule has 1 aliphatic carbocycles. The monoisotopic (exact) mass is 252 g/mol. The van der Waals surface area contributed by atoms with Gasteiger partial charge in [0.2, 0.25) is 0 Å². The second-order valence-corrected chi connectivity index (χ2v) is 5.62. The molecule has 0 unspecified atom stereocenters. The van der Waals surface area contributed by atoms with E-state index in [-0.39, 0.29) is 0 Å². The summed E-state index contributed by atoms with van der Waals surface area (Å²) in [6.45, 7) is 3.33. The van der Waals surface area contributed by atoms with Crippen LogP contribution in [0, 0.1) is 11.8 Å². The third-order valence-corrected chi connectivity index (χ3v) is 4.06. The van der Waals surface area contributed by atoms with Gasteiger partial charge in [-0.15, -0.1) is 0 Å². The minimum absolute atomic E-state index is 0.717. The summed E-state index contributed by atoms with van der Waals surface area (Å²) in [5.74, 6) is 1.67. The smallest absolute Gasteiger partial charge is 0.0763 e. The van der Waals surface area contributed by atoms with E-state index in [4.69, 9.17) is 17.3 Å². The zero-order chi connectivity index (χ0) is 12.3. The summed E-state index contributed by atoms with van der Waals surface area (Å²) in [4.78, 5) is 0. The Morgan fingerprint density at radius 2 is 2.00 bits per heavy atom. The number of nitrogen functional groups attached to an aromatic ring is 1. The van der Waals surface area contributed by atoms with E-state index in [1.54, 1.807) is 0 Å². The lowest BCUT2D eigenvalue weighted by atomic mass is 9.83. The molecule has 94 valence electrons. The van der Waals surface area contributed by atoms with E-state index < -0.39 is 0 Å². The molecule has 2 nitrogen and oxygen atoms in total. The van der Waals surface area contributed by atoms with Crippen LogP contribution in [0.1, 0.15) is 32.6 Å². The third-order valence-electron chi connectivity index (χ3n) is 3.75. The lowest BCUT2D eigenvalue weighted by molar-refractivity contribution is 0.300. The van der Waals surface area contributed by atoms with E-state index in [2.05, 4.69) is 12.2 Å². The lowest BCUT2D eigenvalue weighted by Crippen LogP contribution is -2.20. The van der Waals surface area contributed by atoms with Crippen molar-refractivity contribution in [2.24, 2.45) is 11.8 Å². The molecule has 0 saturated heterocycles. The van der Waals surface area contributed by atoms with Gasteiger partial charge in [0.05, 0.1) is 16.4 Å². The van der Waals surface area contributed by atoms with Crippen LogP contribution in [0.25, 0.3) is 0 Å². The van der Waals surface area contributed by atoms with Gasteiger partial charge in [-0.25, -0.2) is 0 Å². The summed E-state index contributed by atoms with van der Waals surface area (Å²) in [5.41, 5.74) is 7.55. The number of nitrogens with two attached hydrogens (primary N) is 1. The molecule has 0 aromatic heterocycles. The Kier molecular flexibility index (Phi) is 4.16. The highest BCUT2D eigenvalue weighted by Gasteiger charge is 2.18. The zero-order valence-corrected chi connectivity index (χ0v) is 11.1. The van der Waals surface area contributed by atoms with Gasteiger partial charge >= 0.3 is 0 Å². The van der Waals surface area contributed by atoms with Gasteiger partial charge in [-0.2, -0.15) is 0 Å². The number of rotatable bonds is 3. The third kappa shape index (κ3) is 3.29. The average Bonchev–Trinajstić information content (AvgIpc) is 2.31. The Labute approximate surface area is 109 Å². The van der Waals surface area contributed by atoms with Gasteiger partial charge in [0.25, 0.3) is 0 Å². The SMILES string of the molecule is CC1CCC(CNc2c(N)cccc2Cl)CC1. The second kappa shape index (κ2) is 5.63. The largest absolute Gasteiger partial charge is 0.397 e. The first-order valence-electron chi connectivity index (χ1n) is 6.44. The van der Waals surface area contributed by atoms with Crippen LogP contribution >= 0.6 is 11.6 Å². The number of benzene rings is 1. The van der Waals surface area contributed by atoms with Crippen LogP contribution in [0.3, 0.4) is 0 Å². The molecule has 0 heterocycles. The van der Waals surface area contributed by atoms with Gasteiger partial charge in [0, 0.05) is 6.54 Å². The number of hydrogen-bond acceptors (Lipinski definition) is 2. The van der Waals surface area contributed by atoms with Gasteiger partial charge < -0.3 is 11.1 Å². The Morgan fingerprint density at radius 3 is 2.65 bits per heavy atom. The minimum atomic E-state index is 0.717. The van der Waals surface area contributed by atoms with Crippen LogP contribution in [-0.2, 0) is 0 Å². The van der Waals surface area contributed by atoms with Gasteiger partial charge in [-0.05, 0) is 36.8 Å². The topological polar surface area (TPSA) is 38.0 Å². The van der Waals surface area contributed by atoms with Crippen molar-refractivity contribution in [2.45, 2.75) is 32.6 Å². The van der Waals surface area contributed by atoms with Crippen molar-refractivity contribution in [3.8, 4) is 0 Å². The maximum atomic E-state index is 6.13. The fourth-order valence-corrected chi connectivity index (χ4v) is 2.76. The number of hydrogen-bond donors (Lipinski definition) is 2. The van der Waals surface area contributed by atoms with Crippen molar-refractivity contribution >= 4 is 23.0 Å². The van der Waals surface area contributed by atoms with E-state index in [9.17, 15) is 0 Å². The van der Waals surface area contributed by atoms with E-state index >= 15 is 0 Å². The highest BCUT2D eigenvalue weighted by atomic mass is 35.5. The summed E-state index contributed by atoms with van der Waals surface area (Å²) < 4.78 is 0. The molecule has 1 saturated carbocycles. The van der Waals surface area contributed by atoms with Crippen LogP contribution in [0.5, 0.6) is 0 Å². The van der Waals surface area contributed by atoms with Gasteiger partial charge in [-0.1, -0.05) is 37.4 Å². The fourth-order valence-electron chi connectivity index (χ4n) is 2.51. The predicted octanol–water partition coefficient (Wildman–Crippen LogP) is 4.16. The second-order valence-electron chi connectivity index (χ2n) is 5.21. The number of nitrogens with one attached hydrogen (secondary N) is 1. The van der Waals surface area contributed by atoms with E-state index in [0.717, 1.165) is 29.8 Å². The molecule has 1 aromatic rings. The number of halogens is 1.